The van der Waals surface area contributed by atoms with E-state index >= 15 is 0 Å². The Morgan fingerprint density at radius 2 is 0.904 bits per heavy atom. The lowest BCUT2D eigenvalue weighted by atomic mass is 10.1. The van der Waals surface area contributed by atoms with Crippen LogP contribution < -0.4 is 4.89 Å². The Morgan fingerprint density at radius 3 is 1.35 bits per heavy atom. The number of rotatable bonds is 40. The topological polar surface area (TPSA) is 77.1 Å². The van der Waals surface area contributed by atoms with E-state index in [0.29, 0.717) is 11.0 Å². The van der Waals surface area contributed by atoms with E-state index in [9.17, 15) is 9.46 Å². The first-order chi connectivity index (χ1) is 25.2. The molecular formula is C44H84NO6P. The van der Waals surface area contributed by atoms with Crippen LogP contribution in [-0.2, 0) is 23.1 Å². The fourth-order valence-corrected chi connectivity index (χ4v) is 6.34. The molecule has 0 N–H and O–H groups in total. The molecule has 52 heavy (non-hydrogen) atoms. The number of likely N-dealkylation sites (N-methyl/N-ethyl adjacent to an activating group) is 1. The minimum absolute atomic E-state index is 0.0705. The molecule has 1 unspecified atom stereocenters. The van der Waals surface area contributed by atoms with Crippen molar-refractivity contribution in [3.8, 4) is 0 Å². The molecule has 306 valence electrons. The molecule has 0 amide bonds. The van der Waals surface area contributed by atoms with Crippen LogP contribution >= 0.6 is 7.82 Å². The highest BCUT2D eigenvalue weighted by molar-refractivity contribution is 7.45. The highest BCUT2D eigenvalue weighted by Gasteiger charge is 2.17. The summed E-state index contributed by atoms with van der Waals surface area (Å²) in [6.45, 7) is 5.18. The Hall–Kier alpha value is -1.37. The van der Waals surface area contributed by atoms with Gasteiger partial charge < -0.3 is 27.9 Å². The first kappa shape index (κ1) is 50.6. The smallest absolute Gasteiger partial charge is 0.268 e. The fraction of sp³-hybridized carbons (Fsp3) is 0.818. The third-order valence-electron chi connectivity index (χ3n) is 9.04. The average molecular weight is 754 g/mol. The molecule has 0 saturated carbocycles. The van der Waals surface area contributed by atoms with Gasteiger partial charge in [-0.05, 0) is 89.2 Å². The first-order valence-corrected chi connectivity index (χ1v) is 22.9. The van der Waals surface area contributed by atoms with Gasteiger partial charge >= 0.3 is 0 Å². The molecule has 0 fully saturated rings. The maximum atomic E-state index is 12.3. The molecule has 7 nitrogen and oxygen atoms in total. The quantitative estimate of drug-likeness (QED) is 0.0204. The van der Waals surface area contributed by atoms with E-state index < -0.39 is 13.9 Å². The van der Waals surface area contributed by atoms with E-state index in [-0.39, 0.29) is 19.8 Å². The van der Waals surface area contributed by atoms with Crippen LogP contribution in [0.2, 0.25) is 0 Å². The minimum atomic E-state index is -4.43. The van der Waals surface area contributed by atoms with Gasteiger partial charge in [-0.15, -0.1) is 0 Å². The van der Waals surface area contributed by atoms with E-state index in [0.717, 1.165) is 25.7 Å². The van der Waals surface area contributed by atoms with Gasteiger partial charge in [0.2, 0.25) is 0 Å². The number of phosphoric ester groups is 1. The summed E-state index contributed by atoms with van der Waals surface area (Å²) < 4.78 is 34.8. The van der Waals surface area contributed by atoms with Crippen LogP contribution in [-0.4, -0.2) is 58.1 Å². The zero-order valence-corrected chi connectivity index (χ0v) is 35.6. The SMILES string of the molecule is CCCCCC/C=C\CCCCCCCC/C=C\OC[C@H](COP(=O)([O-])OCC[N+](C)(C)C)O/C=C\CCCCCC/C=C\CCCCCCCC. The Kier molecular flexibility index (Phi) is 36.9. The monoisotopic (exact) mass is 754 g/mol. The van der Waals surface area contributed by atoms with Gasteiger partial charge in [0.05, 0.1) is 40.3 Å². The number of phosphoric acid groups is 1. The molecule has 0 saturated heterocycles. The van der Waals surface area contributed by atoms with Gasteiger partial charge in [0.25, 0.3) is 7.82 Å². The molecular weight excluding hydrogens is 669 g/mol. The number of nitrogens with zero attached hydrogens (tertiary/aromatic N) is 1. The third kappa shape index (κ3) is 41.4. The lowest BCUT2D eigenvalue weighted by molar-refractivity contribution is -0.870. The van der Waals surface area contributed by atoms with E-state index in [2.05, 4.69) is 38.2 Å². The molecule has 0 aromatic carbocycles. The van der Waals surface area contributed by atoms with Crippen LogP contribution in [0.3, 0.4) is 0 Å². The second-order valence-electron chi connectivity index (χ2n) is 15.5. The zero-order chi connectivity index (χ0) is 38.3. The van der Waals surface area contributed by atoms with Crippen LogP contribution in [0.4, 0.5) is 0 Å². The van der Waals surface area contributed by atoms with Crippen molar-refractivity contribution in [1.82, 2.24) is 0 Å². The number of hydrogen-bond donors (Lipinski definition) is 0. The summed E-state index contributed by atoms with van der Waals surface area (Å²) in [6.07, 6.45) is 48.9. The minimum Gasteiger partial charge on any atom is -0.756 e. The summed E-state index contributed by atoms with van der Waals surface area (Å²) in [4.78, 5) is 12.3. The van der Waals surface area contributed by atoms with Crippen molar-refractivity contribution in [3.63, 3.8) is 0 Å². The molecule has 0 spiro atoms. The van der Waals surface area contributed by atoms with Gasteiger partial charge in [0.1, 0.15) is 19.8 Å². The van der Waals surface area contributed by atoms with Crippen molar-refractivity contribution in [2.24, 2.45) is 0 Å². The molecule has 0 aliphatic rings. The predicted octanol–water partition coefficient (Wildman–Crippen LogP) is 12.9. The van der Waals surface area contributed by atoms with Crippen molar-refractivity contribution in [2.45, 2.75) is 187 Å². The van der Waals surface area contributed by atoms with Crippen molar-refractivity contribution >= 4 is 7.82 Å². The summed E-state index contributed by atoms with van der Waals surface area (Å²) in [7, 11) is 1.51. The van der Waals surface area contributed by atoms with Crippen LogP contribution in [0, 0.1) is 0 Å². The van der Waals surface area contributed by atoms with E-state index in [4.69, 9.17) is 18.5 Å². The molecule has 0 aromatic heterocycles. The zero-order valence-electron chi connectivity index (χ0n) is 34.8. The Morgan fingerprint density at radius 1 is 0.519 bits per heavy atom. The number of hydrogen-bond acceptors (Lipinski definition) is 6. The number of unbranched alkanes of at least 4 members (excludes halogenated alkanes) is 22. The standard InChI is InChI=1S/C44H84NO6P/c1-6-8-10-12-14-16-18-20-22-24-26-28-30-32-34-36-39-48-42-44(43-51-52(46,47)50-41-38-45(3,4)5)49-40-37-35-33-31-29-27-25-23-21-19-17-15-13-11-9-7-2/h16,18,21,23,36-37,39-40,44H,6-15,17,19-20,22,24-35,38,41-43H2,1-5H3/b18-16-,23-21-,39-36-,40-37-/t44-/m1/s1. The van der Waals surface area contributed by atoms with Crippen molar-refractivity contribution in [3.05, 3.63) is 49.0 Å². The normalized spacial score (nSPS) is 14.3. The van der Waals surface area contributed by atoms with Gasteiger partial charge in [-0.1, -0.05) is 128 Å². The Bertz CT molecular complexity index is 913. The molecule has 0 rings (SSSR count). The van der Waals surface area contributed by atoms with Crippen molar-refractivity contribution in [2.75, 3.05) is 47.5 Å². The Balaban J connectivity index is 4.26. The van der Waals surface area contributed by atoms with E-state index in [1.54, 1.807) is 12.5 Å². The van der Waals surface area contributed by atoms with Gasteiger partial charge in [-0.3, -0.25) is 4.57 Å². The van der Waals surface area contributed by atoms with Crippen LogP contribution in [0.25, 0.3) is 0 Å². The predicted molar refractivity (Wildman–Crippen MR) is 221 cm³/mol. The second-order valence-corrected chi connectivity index (χ2v) is 16.9. The molecule has 0 bridgehead atoms. The van der Waals surface area contributed by atoms with E-state index in [1.165, 1.54) is 141 Å². The largest absolute Gasteiger partial charge is 0.756 e. The van der Waals surface area contributed by atoms with Crippen LogP contribution in [0.5, 0.6) is 0 Å². The fourth-order valence-electron chi connectivity index (χ4n) is 5.61. The van der Waals surface area contributed by atoms with Crippen molar-refractivity contribution in [1.29, 1.82) is 0 Å². The second kappa shape index (κ2) is 37.9. The number of allylic oxidation sites excluding steroid dienone is 6. The summed E-state index contributed by atoms with van der Waals surface area (Å²) in [5.41, 5.74) is 0. The number of ether oxygens (including phenoxy) is 2. The average Bonchev–Trinajstić information content (AvgIpc) is 3.10. The lowest BCUT2D eigenvalue weighted by Crippen LogP contribution is -2.37. The van der Waals surface area contributed by atoms with E-state index in [1.807, 2.05) is 33.3 Å². The maximum Gasteiger partial charge on any atom is 0.268 e. The molecule has 0 heterocycles. The van der Waals surface area contributed by atoms with Gasteiger partial charge in [-0.2, -0.15) is 0 Å². The molecule has 0 aliphatic heterocycles. The highest BCUT2D eigenvalue weighted by atomic mass is 31.2. The van der Waals surface area contributed by atoms with Crippen LogP contribution in [0.1, 0.15) is 181 Å². The molecule has 0 aliphatic carbocycles. The van der Waals surface area contributed by atoms with Crippen LogP contribution in [0.15, 0.2) is 49.0 Å². The van der Waals surface area contributed by atoms with Gasteiger partial charge in [0, 0.05) is 0 Å². The maximum absolute atomic E-state index is 12.3. The van der Waals surface area contributed by atoms with Gasteiger partial charge in [0.15, 0.2) is 6.10 Å². The van der Waals surface area contributed by atoms with Crippen molar-refractivity contribution < 1.29 is 32.5 Å². The summed E-state index contributed by atoms with van der Waals surface area (Å²) in [5, 5.41) is 0. The molecule has 0 aromatic rings. The van der Waals surface area contributed by atoms with Gasteiger partial charge in [-0.25, -0.2) is 0 Å². The summed E-state index contributed by atoms with van der Waals surface area (Å²) in [6, 6.07) is 0. The third-order valence-corrected chi connectivity index (χ3v) is 10.0. The first-order valence-electron chi connectivity index (χ1n) is 21.5. The summed E-state index contributed by atoms with van der Waals surface area (Å²) in [5.74, 6) is 0. The highest BCUT2D eigenvalue weighted by Crippen LogP contribution is 2.38. The lowest BCUT2D eigenvalue weighted by Gasteiger charge is -2.28. The Labute approximate surface area is 322 Å². The molecule has 0 radical (unpaired) electrons. The number of quaternary nitrogens is 1. The summed E-state index contributed by atoms with van der Waals surface area (Å²) >= 11 is 0. The molecule has 2 atom stereocenters. The molecule has 8 heteroatoms.